The van der Waals surface area contributed by atoms with E-state index in [1.54, 1.807) is 29.2 Å². The van der Waals surface area contributed by atoms with Crippen LogP contribution in [-0.4, -0.2) is 36.3 Å². The molecule has 0 aliphatic carbocycles. The van der Waals surface area contributed by atoms with Gasteiger partial charge in [0, 0.05) is 36.8 Å². The van der Waals surface area contributed by atoms with Crippen LogP contribution >= 0.6 is 12.4 Å². The average Bonchev–Trinajstić information content (AvgIpc) is 2.52. The molecule has 0 radical (unpaired) electrons. The molecule has 1 fully saturated rings. The van der Waals surface area contributed by atoms with Crippen molar-refractivity contribution in [2.75, 3.05) is 25.4 Å². The number of benzene rings is 1. The highest BCUT2D eigenvalue weighted by molar-refractivity contribution is 5.95. The number of anilines is 1. The summed E-state index contributed by atoms with van der Waals surface area (Å²) in [6.07, 6.45) is 2.39. The van der Waals surface area contributed by atoms with Crippen molar-refractivity contribution in [3.63, 3.8) is 0 Å². The summed E-state index contributed by atoms with van der Waals surface area (Å²) in [5.41, 5.74) is 6.92. The minimum atomic E-state index is -0.00489. The van der Waals surface area contributed by atoms with Crippen molar-refractivity contribution < 1.29 is 9.59 Å². The zero-order valence-electron chi connectivity index (χ0n) is 12.9. The third-order valence-electron chi connectivity index (χ3n) is 3.84. The number of hydrogen-bond donors (Lipinski definition) is 2. The zero-order valence-corrected chi connectivity index (χ0v) is 13.7. The summed E-state index contributed by atoms with van der Waals surface area (Å²) in [6.45, 7) is 4.00. The van der Waals surface area contributed by atoms with E-state index in [0.29, 0.717) is 24.3 Å². The molecule has 0 atom stereocenters. The molecule has 5 nitrogen and oxygen atoms in total. The van der Waals surface area contributed by atoms with Gasteiger partial charge in [0.25, 0.3) is 5.91 Å². The van der Waals surface area contributed by atoms with Crippen molar-refractivity contribution in [2.24, 2.45) is 5.92 Å². The van der Waals surface area contributed by atoms with Crippen LogP contribution < -0.4 is 11.1 Å². The van der Waals surface area contributed by atoms with Crippen LogP contribution in [0.5, 0.6) is 0 Å². The standard InChI is InChI=1S/C16H23N3O2.ClH/c1-2-8-18-15(20)12-6-9-19(10-7-12)16(21)13-4-3-5-14(17)11-13;/h3-5,11-12H,2,6-10,17H2,1H3,(H,18,20);1H. The minimum Gasteiger partial charge on any atom is -0.399 e. The molecule has 0 bridgehead atoms. The molecular formula is C16H24ClN3O2. The lowest BCUT2D eigenvalue weighted by molar-refractivity contribution is -0.126. The maximum atomic E-state index is 12.4. The number of piperidine rings is 1. The van der Waals surface area contributed by atoms with Crippen molar-refractivity contribution in [3.05, 3.63) is 29.8 Å². The predicted octanol–water partition coefficient (Wildman–Crippen LogP) is 2.07. The van der Waals surface area contributed by atoms with Gasteiger partial charge in [-0.2, -0.15) is 0 Å². The fourth-order valence-corrected chi connectivity index (χ4v) is 2.59. The smallest absolute Gasteiger partial charge is 0.253 e. The molecule has 3 N–H and O–H groups in total. The second kappa shape index (κ2) is 8.63. The first-order valence-electron chi connectivity index (χ1n) is 7.54. The number of hydrogen-bond acceptors (Lipinski definition) is 3. The zero-order chi connectivity index (χ0) is 15.2. The maximum absolute atomic E-state index is 12.4. The first kappa shape index (κ1) is 18.3. The molecule has 2 amide bonds. The quantitative estimate of drug-likeness (QED) is 0.832. The van der Waals surface area contributed by atoms with E-state index in [2.05, 4.69) is 5.32 Å². The molecule has 1 aliphatic heterocycles. The van der Waals surface area contributed by atoms with Gasteiger partial charge in [0.2, 0.25) is 5.91 Å². The molecule has 22 heavy (non-hydrogen) atoms. The van der Waals surface area contributed by atoms with E-state index in [0.717, 1.165) is 25.8 Å². The van der Waals surface area contributed by atoms with Crippen LogP contribution in [0.2, 0.25) is 0 Å². The average molecular weight is 326 g/mol. The van der Waals surface area contributed by atoms with Crippen molar-refractivity contribution in [2.45, 2.75) is 26.2 Å². The molecule has 0 spiro atoms. The molecule has 1 saturated heterocycles. The van der Waals surface area contributed by atoms with Crippen LogP contribution in [-0.2, 0) is 4.79 Å². The van der Waals surface area contributed by atoms with Gasteiger partial charge < -0.3 is 16.0 Å². The number of nitrogens with zero attached hydrogens (tertiary/aromatic N) is 1. The summed E-state index contributed by atoms with van der Waals surface area (Å²) in [7, 11) is 0. The Labute approximate surface area is 137 Å². The van der Waals surface area contributed by atoms with Gasteiger partial charge in [-0.1, -0.05) is 13.0 Å². The molecular weight excluding hydrogens is 302 g/mol. The van der Waals surface area contributed by atoms with Crippen LogP contribution in [0.4, 0.5) is 5.69 Å². The summed E-state index contributed by atoms with van der Waals surface area (Å²) in [4.78, 5) is 26.1. The van der Waals surface area contributed by atoms with Gasteiger partial charge in [-0.3, -0.25) is 9.59 Å². The number of carbonyl (C=O) groups is 2. The van der Waals surface area contributed by atoms with E-state index in [1.165, 1.54) is 0 Å². The summed E-state index contributed by atoms with van der Waals surface area (Å²) >= 11 is 0. The number of likely N-dealkylation sites (tertiary alicyclic amines) is 1. The van der Waals surface area contributed by atoms with Crippen LogP contribution in [0.1, 0.15) is 36.5 Å². The molecule has 1 aromatic rings. The van der Waals surface area contributed by atoms with Gasteiger partial charge in [-0.25, -0.2) is 0 Å². The second-order valence-corrected chi connectivity index (χ2v) is 5.48. The van der Waals surface area contributed by atoms with E-state index in [-0.39, 0.29) is 30.1 Å². The lowest BCUT2D eigenvalue weighted by Crippen LogP contribution is -2.43. The first-order chi connectivity index (χ1) is 10.1. The van der Waals surface area contributed by atoms with E-state index in [4.69, 9.17) is 5.73 Å². The summed E-state index contributed by atoms with van der Waals surface area (Å²) in [6, 6.07) is 7.02. The topological polar surface area (TPSA) is 75.4 Å². The number of nitrogens with one attached hydrogen (secondary N) is 1. The Hall–Kier alpha value is -1.75. The Morgan fingerprint density at radius 1 is 1.32 bits per heavy atom. The Kier molecular flexibility index (Phi) is 7.18. The van der Waals surface area contributed by atoms with Crippen LogP contribution in [0.25, 0.3) is 0 Å². The lowest BCUT2D eigenvalue weighted by atomic mass is 9.95. The van der Waals surface area contributed by atoms with Gasteiger partial charge in [-0.05, 0) is 37.5 Å². The molecule has 1 heterocycles. The highest BCUT2D eigenvalue weighted by Gasteiger charge is 2.27. The predicted molar refractivity (Wildman–Crippen MR) is 90.0 cm³/mol. The summed E-state index contributed by atoms with van der Waals surface area (Å²) in [5.74, 6) is 0.143. The van der Waals surface area contributed by atoms with E-state index < -0.39 is 0 Å². The molecule has 122 valence electrons. The number of carbonyl (C=O) groups excluding carboxylic acids is 2. The van der Waals surface area contributed by atoms with Gasteiger partial charge in [0.15, 0.2) is 0 Å². The Morgan fingerprint density at radius 2 is 2.00 bits per heavy atom. The number of halogens is 1. The lowest BCUT2D eigenvalue weighted by Gasteiger charge is -2.31. The second-order valence-electron chi connectivity index (χ2n) is 5.48. The number of amides is 2. The SMILES string of the molecule is CCCNC(=O)C1CCN(C(=O)c2cccc(N)c2)CC1.Cl. The Morgan fingerprint density at radius 3 is 2.59 bits per heavy atom. The van der Waals surface area contributed by atoms with Gasteiger partial charge in [0.05, 0.1) is 0 Å². The van der Waals surface area contributed by atoms with Crippen LogP contribution in [0.15, 0.2) is 24.3 Å². The molecule has 6 heteroatoms. The number of rotatable bonds is 4. The molecule has 1 aromatic carbocycles. The summed E-state index contributed by atoms with van der Waals surface area (Å²) < 4.78 is 0. The number of nitrogens with two attached hydrogens (primary N) is 1. The van der Waals surface area contributed by atoms with Gasteiger partial charge in [-0.15, -0.1) is 12.4 Å². The summed E-state index contributed by atoms with van der Waals surface area (Å²) in [5, 5.41) is 2.93. The van der Waals surface area contributed by atoms with Crippen molar-refractivity contribution in [1.29, 1.82) is 0 Å². The van der Waals surface area contributed by atoms with Crippen molar-refractivity contribution in [3.8, 4) is 0 Å². The monoisotopic (exact) mass is 325 g/mol. The van der Waals surface area contributed by atoms with Crippen molar-refractivity contribution >= 4 is 29.9 Å². The van der Waals surface area contributed by atoms with E-state index in [9.17, 15) is 9.59 Å². The third kappa shape index (κ3) is 4.63. The fraction of sp³-hybridized carbons (Fsp3) is 0.500. The molecule has 2 rings (SSSR count). The normalized spacial score (nSPS) is 15.0. The first-order valence-corrected chi connectivity index (χ1v) is 7.54. The fourth-order valence-electron chi connectivity index (χ4n) is 2.59. The van der Waals surface area contributed by atoms with Crippen LogP contribution in [0.3, 0.4) is 0 Å². The highest BCUT2D eigenvalue weighted by Crippen LogP contribution is 2.20. The maximum Gasteiger partial charge on any atom is 0.253 e. The number of nitrogen functional groups attached to an aromatic ring is 1. The molecule has 1 aliphatic rings. The molecule has 0 aromatic heterocycles. The Bertz CT molecular complexity index is 514. The highest BCUT2D eigenvalue weighted by atomic mass is 35.5. The molecule has 0 unspecified atom stereocenters. The van der Waals surface area contributed by atoms with Crippen LogP contribution in [0, 0.1) is 5.92 Å². The third-order valence-corrected chi connectivity index (χ3v) is 3.84. The van der Waals surface area contributed by atoms with Gasteiger partial charge in [0.1, 0.15) is 0 Å². The largest absolute Gasteiger partial charge is 0.399 e. The van der Waals surface area contributed by atoms with E-state index in [1.807, 2.05) is 6.92 Å². The minimum absolute atomic E-state index is 0. The van der Waals surface area contributed by atoms with Crippen molar-refractivity contribution in [1.82, 2.24) is 10.2 Å². The van der Waals surface area contributed by atoms with E-state index >= 15 is 0 Å². The molecule has 0 saturated carbocycles. The van der Waals surface area contributed by atoms with Gasteiger partial charge >= 0.3 is 0 Å². The Balaban J connectivity index is 0.00000242.